The van der Waals surface area contributed by atoms with Gasteiger partial charge in [-0.3, -0.25) is 0 Å². The van der Waals surface area contributed by atoms with Gasteiger partial charge in [-0.2, -0.15) is 0 Å². The Morgan fingerprint density at radius 2 is 1.96 bits per heavy atom. The molecule has 1 saturated heterocycles. The monoisotopic (exact) mass is 394 g/mol. The quantitative estimate of drug-likeness (QED) is 0.527. The smallest absolute Gasteiger partial charge is 0.345 e. The summed E-state index contributed by atoms with van der Waals surface area (Å²) in [5, 5.41) is 4.84. The van der Waals surface area contributed by atoms with Gasteiger partial charge in [0.25, 0.3) is 0 Å². The number of hydrogen-bond donors (Lipinski definition) is 1. The molecule has 1 aliphatic rings. The maximum atomic E-state index is 12.7. The van der Waals surface area contributed by atoms with Crippen molar-refractivity contribution in [3.05, 3.63) is 63.7 Å². The molecule has 6 nitrogen and oxygen atoms in total. The van der Waals surface area contributed by atoms with Crippen LogP contribution in [0.1, 0.15) is 5.56 Å². The Morgan fingerprint density at radius 3 is 2.79 bits per heavy atom. The molecule has 0 unspecified atom stereocenters. The first-order valence-corrected chi connectivity index (χ1v) is 9.65. The van der Waals surface area contributed by atoms with Gasteiger partial charge in [0.15, 0.2) is 0 Å². The fourth-order valence-corrected chi connectivity index (χ4v) is 4.02. The number of imidazole rings is 1. The molecule has 5 rings (SSSR count). The molecule has 0 aliphatic carbocycles. The molecule has 1 fully saturated rings. The summed E-state index contributed by atoms with van der Waals surface area (Å²) in [6.45, 7) is 5.74. The van der Waals surface area contributed by atoms with Gasteiger partial charge in [-0.25, -0.2) is 9.78 Å². The fraction of sp³-hybridized carbons (Fsp3) is 0.238. The number of fused-ring (bicyclic) bond motifs is 2. The number of rotatable bonds is 2. The topological polar surface area (TPSA) is 62.8 Å². The lowest BCUT2D eigenvalue weighted by molar-refractivity contribution is 0.561. The lowest BCUT2D eigenvalue weighted by Crippen LogP contribution is -2.43. The van der Waals surface area contributed by atoms with Gasteiger partial charge in [-0.15, -0.1) is 0 Å². The average molecular weight is 395 g/mol. The first kappa shape index (κ1) is 17.3. The van der Waals surface area contributed by atoms with Gasteiger partial charge >= 0.3 is 5.63 Å². The van der Waals surface area contributed by atoms with Crippen LogP contribution < -0.4 is 15.8 Å². The van der Waals surface area contributed by atoms with Crippen molar-refractivity contribution in [3.63, 3.8) is 0 Å². The summed E-state index contributed by atoms with van der Waals surface area (Å²) in [7, 11) is 0. The Bertz CT molecular complexity index is 1250. The van der Waals surface area contributed by atoms with Crippen molar-refractivity contribution < 1.29 is 4.42 Å². The van der Waals surface area contributed by atoms with Crippen LogP contribution in [-0.2, 0) is 0 Å². The third-order valence-corrected chi connectivity index (χ3v) is 5.39. The molecule has 4 heterocycles. The number of nitrogens with one attached hydrogen (secondary N) is 1. The normalized spacial score (nSPS) is 14.9. The second-order valence-electron chi connectivity index (χ2n) is 7.11. The Morgan fingerprint density at radius 1 is 1.14 bits per heavy atom. The zero-order chi connectivity index (χ0) is 19.3. The van der Waals surface area contributed by atoms with E-state index in [1.54, 1.807) is 12.4 Å². The second kappa shape index (κ2) is 6.65. The molecule has 3 aromatic heterocycles. The van der Waals surface area contributed by atoms with Crippen molar-refractivity contribution in [2.75, 3.05) is 31.1 Å². The van der Waals surface area contributed by atoms with E-state index in [0.717, 1.165) is 48.5 Å². The lowest BCUT2D eigenvalue weighted by Gasteiger charge is -2.29. The van der Waals surface area contributed by atoms with Gasteiger partial charge in [0.05, 0.1) is 16.3 Å². The number of benzene rings is 1. The van der Waals surface area contributed by atoms with Crippen molar-refractivity contribution in [3.8, 4) is 11.3 Å². The highest BCUT2D eigenvalue weighted by atomic mass is 35.5. The van der Waals surface area contributed by atoms with Crippen LogP contribution in [0, 0.1) is 6.92 Å². The highest BCUT2D eigenvalue weighted by molar-refractivity contribution is 6.30. The molecular formula is C21H19ClN4O2. The number of aryl methyl sites for hydroxylation is 1. The Balaban J connectivity index is 1.60. The summed E-state index contributed by atoms with van der Waals surface area (Å²) in [5.41, 5.74) is 4.01. The van der Waals surface area contributed by atoms with Crippen LogP contribution in [0.4, 0.5) is 5.69 Å². The SMILES string of the molecule is Cc1cc(Cl)cn2cc(-c3cc4ccc(N5CCNCC5)cc4oc3=O)nc12. The minimum absolute atomic E-state index is 0.392. The maximum absolute atomic E-state index is 12.7. The van der Waals surface area contributed by atoms with Crippen molar-refractivity contribution >= 4 is 33.9 Å². The standard InChI is InChI=1S/C21H19ClN4O2/c1-13-8-15(22)11-26-12-18(24-20(13)26)17-9-14-2-3-16(10-19(14)28-21(17)27)25-6-4-23-5-7-25/h2-3,8-12,23H,4-7H2,1H3. The van der Waals surface area contributed by atoms with Crippen molar-refractivity contribution in [1.29, 1.82) is 0 Å². The zero-order valence-corrected chi connectivity index (χ0v) is 16.2. The van der Waals surface area contributed by atoms with E-state index in [2.05, 4.69) is 21.3 Å². The molecule has 1 N–H and O–H groups in total. The van der Waals surface area contributed by atoms with Crippen LogP contribution in [0.2, 0.25) is 5.02 Å². The first-order valence-electron chi connectivity index (χ1n) is 9.27. The molecule has 1 aliphatic heterocycles. The molecule has 7 heteroatoms. The highest BCUT2D eigenvalue weighted by Gasteiger charge is 2.15. The Kier molecular flexibility index (Phi) is 4.10. The maximum Gasteiger partial charge on any atom is 0.345 e. The summed E-state index contributed by atoms with van der Waals surface area (Å²) in [5.74, 6) is 0. The molecule has 0 atom stereocenters. The number of anilines is 1. The predicted octanol–water partition coefficient (Wildman–Crippen LogP) is 3.48. The highest BCUT2D eigenvalue weighted by Crippen LogP contribution is 2.26. The minimum atomic E-state index is -0.392. The zero-order valence-electron chi connectivity index (χ0n) is 15.4. The molecular weight excluding hydrogens is 376 g/mol. The van der Waals surface area contributed by atoms with Gasteiger partial charge in [0, 0.05) is 55.7 Å². The summed E-state index contributed by atoms with van der Waals surface area (Å²) in [6, 6.07) is 9.72. The summed E-state index contributed by atoms with van der Waals surface area (Å²) in [4.78, 5) is 19.6. The number of piperazine rings is 1. The predicted molar refractivity (Wildman–Crippen MR) is 111 cm³/mol. The number of halogens is 1. The molecule has 0 saturated carbocycles. The van der Waals surface area contributed by atoms with E-state index in [0.29, 0.717) is 21.9 Å². The van der Waals surface area contributed by atoms with E-state index in [1.165, 1.54) is 0 Å². The van der Waals surface area contributed by atoms with Crippen molar-refractivity contribution in [2.24, 2.45) is 0 Å². The Labute approximate surface area is 166 Å². The van der Waals surface area contributed by atoms with E-state index in [9.17, 15) is 4.79 Å². The second-order valence-corrected chi connectivity index (χ2v) is 7.54. The van der Waals surface area contributed by atoms with E-state index >= 15 is 0 Å². The number of pyridine rings is 1. The third kappa shape index (κ3) is 2.95. The lowest BCUT2D eigenvalue weighted by atomic mass is 10.1. The van der Waals surface area contributed by atoms with Crippen LogP contribution in [0.3, 0.4) is 0 Å². The van der Waals surface area contributed by atoms with E-state index in [1.807, 2.05) is 35.6 Å². The number of nitrogens with zero attached hydrogens (tertiary/aromatic N) is 3. The Hall–Kier alpha value is -2.83. The van der Waals surface area contributed by atoms with Crippen molar-refractivity contribution in [2.45, 2.75) is 6.92 Å². The first-order chi connectivity index (χ1) is 13.6. The van der Waals surface area contributed by atoms with Crippen LogP contribution in [0.5, 0.6) is 0 Å². The summed E-state index contributed by atoms with van der Waals surface area (Å²) in [6.07, 6.45) is 3.59. The summed E-state index contributed by atoms with van der Waals surface area (Å²) < 4.78 is 7.49. The van der Waals surface area contributed by atoms with E-state index in [4.69, 9.17) is 16.0 Å². The number of aromatic nitrogens is 2. The average Bonchev–Trinajstić information content (AvgIpc) is 3.12. The minimum Gasteiger partial charge on any atom is -0.422 e. The van der Waals surface area contributed by atoms with Gasteiger partial charge < -0.3 is 19.0 Å². The molecule has 0 spiro atoms. The number of hydrogen-bond acceptors (Lipinski definition) is 5. The largest absolute Gasteiger partial charge is 0.422 e. The molecule has 1 aromatic carbocycles. The molecule has 0 bridgehead atoms. The summed E-state index contributed by atoms with van der Waals surface area (Å²) >= 11 is 6.13. The van der Waals surface area contributed by atoms with Gasteiger partial charge in [-0.05, 0) is 36.8 Å². The molecule has 0 amide bonds. The van der Waals surface area contributed by atoms with Gasteiger partial charge in [0.1, 0.15) is 11.2 Å². The third-order valence-electron chi connectivity index (χ3n) is 5.18. The van der Waals surface area contributed by atoms with Crippen LogP contribution in [-0.4, -0.2) is 35.6 Å². The molecule has 142 valence electrons. The van der Waals surface area contributed by atoms with Crippen molar-refractivity contribution in [1.82, 2.24) is 14.7 Å². The molecule has 4 aromatic rings. The van der Waals surface area contributed by atoms with Crippen LogP contribution in [0.15, 0.2) is 51.9 Å². The van der Waals surface area contributed by atoms with Crippen LogP contribution >= 0.6 is 11.6 Å². The van der Waals surface area contributed by atoms with Gasteiger partial charge in [-0.1, -0.05) is 11.6 Å². The fourth-order valence-electron chi connectivity index (χ4n) is 3.75. The molecule has 28 heavy (non-hydrogen) atoms. The van der Waals surface area contributed by atoms with Gasteiger partial charge in [0.2, 0.25) is 0 Å². The molecule has 0 radical (unpaired) electrons. The van der Waals surface area contributed by atoms with E-state index < -0.39 is 5.63 Å². The van der Waals surface area contributed by atoms with Crippen LogP contribution in [0.25, 0.3) is 27.9 Å². The van der Waals surface area contributed by atoms with E-state index in [-0.39, 0.29) is 0 Å².